The van der Waals surface area contributed by atoms with Crippen molar-refractivity contribution in [3.8, 4) is 0 Å². The van der Waals surface area contributed by atoms with E-state index in [9.17, 15) is 10.2 Å². The van der Waals surface area contributed by atoms with Crippen LogP contribution in [-0.4, -0.2) is 46.5 Å². The first-order chi connectivity index (χ1) is 7.22. The van der Waals surface area contributed by atoms with E-state index in [1.54, 1.807) is 0 Å². The van der Waals surface area contributed by atoms with E-state index >= 15 is 0 Å². The molecular formula is C12H23NO2. The summed E-state index contributed by atoms with van der Waals surface area (Å²) >= 11 is 0. The molecule has 0 radical (unpaired) electrons. The summed E-state index contributed by atoms with van der Waals surface area (Å²) in [6, 6.07) is 0.973. The van der Waals surface area contributed by atoms with E-state index < -0.39 is 0 Å². The first kappa shape index (κ1) is 11.4. The average molecular weight is 213 g/mol. The van der Waals surface area contributed by atoms with Gasteiger partial charge in [-0.1, -0.05) is 6.92 Å². The Bertz CT molecular complexity index is 202. The molecule has 0 aromatic heterocycles. The summed E-state index contributed by atoms with van der Waals surface area (Å²) in [4.78, 5) is 2.48. The third-order valence-electron chi connectivity index (χ3n) is 4.25. The van der Waals surface area contributed by atoms with Crippen LogP contribution in [0.2, 0.25) is 0 Å². The Morgan fingerprint density at radius 2 is 1.80 bits per heavy atom. The summed E-state index contributed by atoms with van der Waals surface area (Å²) in [5.41, 5.74) is 0. The fourth-order valence-electron chi connectivity index (χ4n) is 3.17. The van der Waals surface area contributed by atoms with Gasteiger partial charge in [-0.05, 0) is 44.6 Å². The van der Waals surface area contributed by atoms with E-state index in [0.717, 1.165) is 32.2 Å². The summed E-state index contributed by atoms with van der Waals surface area (Å²) < 4.78 is 0. The quantitative estimate of drug-likeness (QED) is 0.719. The summed E-state index contributed by atoms with van der Waals surface area (Å²) in [6.07, 6.45) is 5.22. The van der Waals surface area contributed by atoms with Crippen LogP contribution in [0.1, 0.15) is 39.0 Å². The molecule has 15 heavy (non-hydrogen) atoms. The molecule has 2 aliphatic rings. The van der Waals surface area contributed by atoms with E-state index in [0.29, 0.717) is 24.6 Å². The second kappa shape index (κ2) is 4.81. The smallest absolute Gasteiger partial charge is 0.0589 e. The van der Waals surface area contributed by atoms with Gasteiger partial charge in [0.25, 0.3) is 0 Å². The SMILES string of the molecule is CC1CCN(C2CCC(O)CC2)C1CO. The molecular weight excluding hydrogens is 190 g/mol. The standard InChI is InChI=1S/C12H23NO2/c1-9-6-7-13(12(9)8-14)10-2-4-11(15)5-3-10/h9-12,14-15H,2-8H2,1H3. The summed E-state index contributed by atoms with van der Waals surface area (Å²) in [7, 11) is 0. The van der Waals surface area contributed by atoms with Crippen LogP contribution >= 0.6 is 0 Å². The minimum Gasteiger partial charge on any atom is -0.395 e. The zero-order valence-corrected chi connectivity index (χ0v) is 9.60. The lowest BCUT2D eigenvalue weighted by Gasteiger charge is -2.37. The zero-order chi connectivity index (χ0) is 10.8. The molecule has 1 saturated carbocycles. The number of aliphatic hydroxyl groups excluding tert-OH is 2. The second-order valence-corrected chi connectivity index (χ2v) is 5.22. The molecule has 0 aromatic rings. The van der Waals surface area contributed by atoms with Gasteiger partial charge < -0.3 is 10.2 Å². The molecule has 1 aliphatic heterocycles. The van der Waals surface area contributed by atoms with Gasteiger partial charge in [-0.2, -0.15) is 0 Å². The largest absolute Gasteiger partial charge is 0.395 e. The van der Waals surface area contributed by atoms with Gasteiger partial charge >= 0.3 is 0 Å². The highest BCUT2D eigenvalue weighted by Gasteiger charge is 2.36. The molecule has 2 rings (SSSR count). The lowest BCUT2D eigenvalue weighted by molar-refractivity contribution is 0.0468. The Morgan fingerprint density at radius 3 is 2.40 bits per heavy atom. The van der Waals surface area contributed by atoms with Crippen LogP contribution in [0.5, 0.6) is 0 Å². The van der Waals surface area contributed by atoms with Crippen LogP contribution in [0.15, 0.2) is 0 Å². The van der Waals surface area contributed by atoms with E-state index in [2.05, 4.69) is 11.8 Å². The number of likely N-dealkylation sites (tertiary alicyclic amines) is 1. The maximum atomic E-state index is 9.48. The molecule has 2 N–H and O–H groups in total. The van der Waals surface area contributed by atoms with Crippen LogP contribution in [-0.2, 0) is 0 Å². The van der Waals surface area contributed by atoms with Gasteiger partial charge in [-0.25, -0.2) is 0 Å². The van der Waals surface area contributed by atoms with Crippen LogP contribution in [0.3, 0.4) is 0 Å². The number of hydrogen-bond acceptors (Lipinski definition) is 3. The summed E-state index contributed by atoms with van der Waals surface area (Å²) in [6.45, 7) is 3.66. The molecule has 1 heterocycles. The Hall–Kier alpha value is -0.120. The van der Waals surface area contributed by atoms with Crippen LogP contribution in [0, 0.1) is 5.92 Å². The fraction of sp³-hybridized carbons (Fsp3) is 1.00. The van der Waals surface area contributed by atoms with Crippen molar-refractivity contribution in [1.82, 2.24) is 4.90 Å². The minimum absolute atomic E-state index is 0.0751. The van der Waals surface area contributed by atoms with Crippen molar-refractivity contribution in [1.29, 1.82) is 0 Å². The van der Waals surface area contributed by atoms with Gasteiger partial charge in [-0.3, -0.25) is 4.90 Å². The van der Waals surface area contributed by atoms with E-state index in [-0.39, 0.29) is 6.10 Å². The topological polar surface area (TPSA) is 43.7 Å². The van der Waals surface area contributed by atoms with Crippen molar-refractivity contribution in [2.45, 2.75) is 57.2 Å². The minimum atomic E-state index is -0.0751. The zero-order valence-electron chi connectivity index (χ0n) is 9.60. The van der Waals surface area contributed by atoms with Gasteiger partial charge in [0, 0.05) is 12.1 Å². The van der Waals surface area contributed by atoms with Crippen molar-refractivity contribution in [2.75, 3.05) is 13.2 Å². The van der Waals surface area contributed by atoms with Crippen LogP contribution < -0.4 is 0 Å². The third-order valence-corrected chi connectivity index (χ3v) is 4.25. The number of rotatable bonds is 2. The first-order valence-electron chi connectivity index (χ1n) is 6.27. The highest BCUT2D eigenvalue weighted by molar-refractivity contribution is 4.90. The van der Waals surface area contributed by atoms with Crippen molar-refractivity contribution < 1.29 is 10.2 Å². The molecule has 0 bridgehead atoms. The summed E-state index contributed by atoms with van der Waals surface area (Å²) in [5.74, 6) is 0.627. The maximum Gasteiger partial charge on any atom is 0.0589 e. The molecule has 2 fully saturated rings. The van der Waals surface area contributed by atoms with Crippen LogP contribution in [0.25, 0.3) is 0 Å². The molecule has 1 saturated heterocycles. The van der Waals surface area contributed by atoms with Gasteiger partial charge in [0.1, 0.15) is 0 Å². The molecule has 0 aromatic carbocycles. The monoisotopic (exact) mass is 213 g/mol. The predicted octanol–water partition coefficient (Wildman–Crippen LogP) is 0.993. The maximum absolute atomic E-state index is 9.48. The molecule has 88 valence electrons. The van der Waals surface area contributed by atoms with Crippen molar-refractivity contribution in [3.05, 3.63) is 0 Å². The Kier molecular flexibility index (Phi) is 3.65. The van der Waals surface area contributed by atoms with E-state index in [1.807, 2.05) is 0 Å². The van der Waals surface area contributed by atoms with Gasteiger partial charge in [-0.15, -0.1) is 0 Å². The van der Waals surface area contributed by atoms with Gasteiger partial charge in [0.15, 0.2) is 0 Å². The molecule has 0 amide bonds. The molecule has 2 atom stereocenters. The van der Waals surface area contributed by atoms with Crippen LogP contribution in [0.4, 0.5) is 0 Å². The van der Waals surface area contributed by atoms with Gasteiger partial charge in [0.05, 0.1) is 12.7 Å². The second-order valence-electron chi connectivity index (χ2n) is 5.22. The molecule has 3 nitrogen and oxygen atoms in total. The van der Waals surface area contributed by atoms with Crippen molar-refractivity contribution in [3.63, 3.8) is 0 Å². The molecule has 1 aliphatic carbocycles. The van der Waals surface area contributed by atoms with E-state index in [4.69, 9.17) is 0 Å². The van der Waals surface area contributed by atoms with Gasteiger partial charge in [0.2, 0.25) is 0 Å². The Balaban J connectivity index is 1.92. The van der Waals surface area contributed by atoms with Crippen molar-refractivity contribution >= 4 is 0 Å². The number of hydrogen-bond donors (Lipinski definition) is 2. The predicted molar refractivity (Wildman–Crippen MR) is 59.6 cm³/mol. The Morgan fingerprint density at radius 1 is 1.13 bits per heavy atom. The lowest BCUT2D eigenvalue weighted by atomic mass is 9.91. The number of aliphatic hydroxyl groups is 2. The highest BCUT2D eigenvalue weighted by atomic mass is 16.3. The molecule has 3 heteroatoms. The normalized spacial score (nSPS) is 43.4. The highest BCUT2D eigenvalue weighted by Crippen LogP contribution is 2.31. The molecule has 2 unspecified atom stereocenters. The average Bonchev–Trinajstić information content (AvgIpc) is 2.61. The Labute approximate surface area is 92.1 Å². The third kappa shape index (κ3) is 2.35. The first-order valence-corrected chi connectivity index (χ1v) is 6.27. The van der Waals surface area contributed by atoms with Crippen molar-refractivity contribution in [2.24, 2.45) is 5.92 Å². The fourth-order valence-corrected chi connectivity index (χ4v) is 3.17. The molecule has 0 spiro atoms. The van der Waals surface area contributed by atoms with E-state index in [1.165, 1.54) is 6.42 Å². The summed E-state index contributed by atoms with van der Waals surface area (Å²) in [5, 5.41) is 18.9. The number of nitrogens with zero attached hydrogens (tertiary/aromatic N) is 1. The lowest BCUT2D eigenvalue weighted by Crippen LogP contribution is -2.44.